The third kappa shape index (κ3) is 3.83. The Morgan fingerprint density at radius 2 is 2.10 bits per heavy atom. The van der Waals surface area contributed by atoms with E-state index in [1.54, 1.807) is 0 Å². The lowest BCUT2D eigenvalue weighted by Crippen LogP contribution is -2.33. The van der Waals surface area contributed by atoms with Gasteiger partial charge in [-0.05, 0) is 18.4 Å². The monoisotopic (exact) mass is 274 g/mol. The Bertz CT molecular complexity index is 459. The van der Waals surface area contributed by atoms with E-state index in [9.17, 15) is 9.59 Å². The Labute approximate surface area is 120 Å². The van der Waals surface area contributed by atoms with Gasteiger partial charge in [0.2, 0.25) is 11.8 Å². The second-order valence-corrected chi connectivity index (χ2v) is 5.27. The van der Waals surface area contributed by atoms with E-state index < -0.39 is 0 Å². The van der Waals surface area contributed by atoms with Gasteiger partial charge in [-0.2, -0.15) is 0 Å². The molecule has 0 spiro atoms. The summed E-state index contributed by atoms with van der Waals surface area (Å²) in [6, 6.07) is 10.1. The molecule has 0 saturated carbocycles. The van der Waals surface area contributed by atoms with Gasteiger partial charge in [-0.3, -0.25) is 9.59 Å². The summed E-state index contributed by atoms with van der Waals surface area (Å²) in [6.45, 7) is 3.96. The lowest BCUT2D eigenvalue weighted by Gasteiger charge is -2.16. The fourth-order valence-electron chi connectivity index (χ4n) is 2.47. The largest absolute Gasteiger partial charge is 0.356 e. The number of hydrogen-bond donors (Lipinski definition) is 1. The van der Waals surface area contributed by atoms with Crippen LogP contribution in [0.15, 0.2) is 30.3 Å². The normalized spacial score (nSPS) is 18.4. The number of likely N-dealkylation sites (tertiary alicyclic amines) is 1. The summed E-state index contributed by atoms with van der Waals surface area (Å²) in [5, 5.41) is 2.87. The number of benzene rings is 1. The number of amides is 2. The van der Waals surface area contributed by atoms with Crippen LogP contribution < -0.4 is 5.32 Å². The Kier molecular flexibility index (Phi) is 5.16. The van der Waals surface area contributed by atoms with Crippen LogP contribution in [0.25, 0.3) is 0 Å². The standard InChI is InChI=1S/C16H22N2O2/c1-2-9-17-16(20)14-11-15(19)18(12-14)10-8-13-6-4-3-5-7-13/h3-7,14H,2,8-12H2,1H3,(H,17,20). The molecule has 108 valence electrons. The Hall–Kier alpha value is -1.84. The van der Waals surface area contributed by atoms with E-state index in [-0.39, 0.29) is 17.7 Å². The smallest absolute Gasteiger partial charge is 0.225 e. The molecule has 1 atom stereocenters. The SMILES string of the molecule is CCCNC(=O)C1CC(=O)N(CCc2ccccc2)C1. The van der Waals surface area contributed by atoms with Crippen LogP contribution in [0.5, 0.6) is 0 Å². The first-order valence-electron chi connectivity index (χ1n) is 7.30. The average molecular weight is 274 g/mol. The first-order chi connectivity index (χ1) is 9.70. The number of nitrogens with one attached hydrogen (secondary N) is 1. The molecule has 0 aliphatic carbocycles. The molecule has 1 aromatic rings. The number of rotatable bonds is 6. The van der Waals surface area contributed by atoms with E-state index in [4.69, 9.17) is 0 Å². The van der Waals surface area contributed by atoms with Crippen LogP contribution in [0.4, 0.5) is 0 Å². The zero-order valence-corrected chi connectivity index (χ0v) is 12.0. The molecule has 0 radical (unpaired) electrons. The molecule has 1 N–H and O–H groups in total. The van der Waals surface area contributed by atoms with Crippen LogP contribution in [0, 0.1) is 5.92 Å². The molecule has 1 unspecified atom stereocenters. The van der Waals surface area contributed by atoms with E-state index >= 15 is 0 Å². The zero-order chi connectivity index (χ0) is 14.4. The Morgan fingerprint density at radius 3 is 2.80 bits per heavy atom. The van der Waals surface area contributed by atoms with Crippen LogP contribution in [0.3, 0.4) is 0 Å². The minimum atomic E-state index is -0.176. The molecule has 4 nitrogen and oxygen atoms in total. The van der Waals surface area contributed by atoms with Crippen LogP contribution in [-0.2, 0) is 16.0 Å². The second kappa shape index (κ2) is 7.08. The van der Waals surface area contributed by atoms with Gasteiger partial charge in [-0.1, -0.05) is 37.3 Å². The maximum Gasteiger partial charge on any atom is 0.225 e. The molecule has 0 bridgehead atoms. The molecule has 1 fully saturated rings. The van der Waals surface area contributed by atoms with E-state index in [2.05, 4.69) is 17.4 Å². The van der Waals surface area contributed by atoms with Crippen molar-refractivity contribution in [3.05, 3.63) is 35.9 Å². The lowest BCUT2D eigenvalue weighted by atomic mass is 10.1. The van der Waals surface area contributed by atoms with Crippen LogP contribution in [0.1, 0.15) is 25.3 Å². The predicted octanol–water partition coefficient (Wildman–Crippen LogP) is 1.60. The second-order valence-electron chi connectivity index (χ2n) is 5.27. The first-order valence-corrected chi connectivity index (χ1v) is 7.30. The molecule has 1 aromatic carbocycles. The van der Waals surface area contributed by atoms with Gasteiger partial charge in [-0.15, -0.1) is 0 Å². The van der Waals surface area contributed by atoms with Gasteiger partial charge in [0.05, 0.1) is 5.92 Å². The highest BCUT2D eigenvalue weighted by Gasteiger charge is 2.33. The molecule has 20 heavy (non-hydrogen) atoms. The topological polar surface area (TPSA) is 49.4 Å². The zero-order valence-electron chi connectivity index (χ0n) is 12.0. The van der Waals surface area contributed by atoms with Crippen molar-refractivity contribution in [2.45, 2.75) is 26.2 Å². The highest BCUT2D eigenvalue weighted by molar-refractivity contribution is 5.89. The van der Waals surface area contributed by atoms with Crippen LogP contribution in [0.2, 0.25) is 0 Å². The maximum atomic E-state index is 11.9. The van der Waals surface area contributed by atoms with E-state index in [1.807, 2.05) is 30.0 Å². The molecule has 2 amide bonds. The molecule has 2 rings (SSSR count). The summed E-state index contributed by atoms with van der Waals surface area (Å²) in [6.07, 6.45) is 2.12. The van der Waals surface area contributed by atoms with Crippen molar-refractivity contribution in [1.29, 1.82) is 0 Å². The maximum absolute atomic E-state index is 11.9. The summed E-state index contributed by atoms with van der Waals surface area (Å²) < 4.78 is 0. The number of carbonyl (C=O) groups is 2. The molecule has 4 heteroatoms. The third-order valence-electron chi connectivity index (χ3n) is 3.65. The fourth-order valence-corrected chi connectivity index (χ4v) is 2.47. The van der Waals surface area contributed by atoms with Crippen LogP contribution >= 0.6 is 0 Å². The third-order valence-corrected chi connectivity index (χ3v) is 3.65. The summed E-state index contributed by atoms with van der Waals surface area (Å²) in [5.41, 5.74) is 1.22. The predicted molar refractivity (Wildman–Crippen MR) is 78.1 cm³/mol. The van der Waals surface area contributed by atoms with Crippen molar-refractivity contribution in [1.82, 2.24) is 10.2 Å². The molecule has 1 aliphatic heterocycles. The lowest BCUT2D eigenvalue weighted by molar-refractivity contribution is -0.129. The first kappa shape index (κ1) is 14.6. The molecule has 1 aliphatic rings. The summed E-state index contributed by atoms with van der Waals surface area (Å²) >= 11 is 0. The van der Waals surface area contributed by atoms with Crippen molar-refractivity contribution in [3.8, 4) is 0 Å². The van der Waals surface area contributed by atoms with Crippen molar-refractivity contribution < 1.29 is 9.59 Å². The van der Waals surface area contributed by atoms with E-state index in [0.717, 1.165) is 12.8 Å². The fraction of sp³-hybridized carbons (Fsp3) is 0.500. The van der Waals surface area contributed by atoms with Gasteiger partial charge >= 0.3 is 0 Å². The van der Waals surface area contributed by atoms with Crippen molar-refractivity contribution >= 4 is 11.8 Å². The van der Waals surface area contributed by atoms with E-state index in [1.165, 1.54) is 5.56 Å². The molecule has 1 saturated heterocycles. The number of nitrogens with zero attached hydrogens (tertiary/aromatic N) is 1. The summed E-state index contributed by atoms with van der Waals surface area (Å²) in [4.78, 5) is 25.6. The van der Waals surface area contributed by atoms with Crippen LogP contribution in [-0.4, -0.2) is 36.3 Å². The summed E-state index contributed by atoms with van der Waals surface area (Å²) in [7, 11) is 0. The van der Waals surface area contributed by atoms with Crippen molar-refractivity contribution in [2.24, 2.45) is 5.92 Å². The molecule has 1 heterocycles. The van der Waals surface area contributed by atoms with E-state index in [0.29, 0.717) is 26.1 Å². The van der Waals surface area contributed by atoms with Gasteiger partial charge in [0.1, 0.15) is 0 Å². The minimum Gasteiger partial charge on any atom is -0.356 e. The van der Waals surface area contributed by atoms with Gasteiger partial charge in [0, 0.05) is 26.1 Å². The van der Waals surface area contributed by atoms with Gasteiger partial charge in [-0.25, -0.2) is 0 Å². The van der Waals surface area contributed by atoms with Crippen molar-refractivity contribution in [3.63, 3.8) is 0 Å². The minimum absolute atomic E-state index is 0.0161. The number of carbonyl (C=O) groups excluding carboxylic acids is 2. The highest BCUT2D eigenvalue weighted by atomic mass is 16.2. The quantitative estimate of drug-likeness (QED) is 0.856. The Balaban J connectivity index is 1.82. The average Bonchev–Trinajstić information content (AvgIpc) is 2.85. The molecular formula is C16H22N2O2. The summed E-state index contributed by atoms with van der Waals surface area (Å²) in [5.74, 6) is -0.0650. The molecule has 0 aromatic heterocycles. The van der Waals surface area contributed by atoms with Gasteiger partial charge < -0.3 is 10.2 Å². The Morgan fingerprint density at radius 1 is 1.35 bits per heavy atom. The van der Waals surface area contributed by atoms with Gasteiger partial charge in [0.15, 0.2) is 0 Å². The number of hydrogen-bond acceptors (Lipinski definition) is 2. The van der Waals surface area contributed by atoms with Crippen molar-refractivity contribution in [2.75, 3.05) is 19.6 Å². The van der Waals surface area contributed by atoms with Gasteiger partial charge in [0.25, 0.3) is 0 Å². The molecular weight excluding hydrogens is 252 g/mol. The highest BCUT2D eigenvalue weighted by Crippen LogP contribution is 2.18.